The van der Waals surface area contributed by atoms with Crippen molar-refractivity contribution in [2.45, 2.75) is 38.2 Å². The lowest BCUT2D eigenvalue weighted by Crippen LogP contribution is -2.43. The van der Waals surface area contributed by atoms with Gasteiger partial charge in [0.05, 0.1) is 6.04 Å². The number of hydrogen-bond acceptors (Lipinski definition) is 4. The summed E-state index contributed by atoms with van der Waals surface area (Å²) < 4.78 is 40.4. The van der Waals surface area contributed by atoms with Crippen molar-refractivity contribution < 1.29 is 27.5 Å². The second-order valence-corrected chi connectivity index (χ2v) is 5.50. The van der Waals surface area contributed by atoms with E-state index in [2.05, 4.69) is 20.7 Å². The summed E-state index contributed by atoms with van der Waals surface area (Å²) in [4.78, 5) is 23.0. The molecule has 0 aliphatic carbocycles. The molecule has 1 aromatic rings. The van der Waals surface area contributed by atoms with E-state index < -0.39 is 18.2 Å². The molecule has 1 saturated heterocycles. The van der Waals surface area contributed by atoms with Crippen LogP contribution in [0.2, 0.25) is 0 Å². The number of ether oxygens (including phenoxy) is 1. The number of hydrogen-bond donors (Lipinski definition) is 3. The third kappa shape index (κ3) is 5.73. The first kappa shape index (κ1) is 18.1. The molecular formula is C15H18F3N3O3. The molecule has 0 spiro atoms. The van der Waals surface area contributed by atoms with E-state index in [4.69, 9.17) is 0 Å². The number of amides is 2. The van der Waals surface area contributed by atoms with Gasteiger partial charge in [0.2, 0.25) is 11.8 Å². The van der Waals surface area contributed by atoms with Crippen LogP contribution < -0.4 is 20.7 Å². The standard InChI is InChI=1S/C15H18F3N3O3/c1-9(22)19-8-11-5-6-13(20-11)14(23)21-10-3-2-4-12(7-10)24-15(16,17)18/h2-4,7,11,13,20H,5-6,8H2,1H3,(H,19,22)(H,21,23)/t11-,13+/m1/s1. The number of carbonyl (C=O) groups excluding carboxylic acids is 2. The Hall–Kier alpha value is -2.29. The van der Waals surface area contributed by atoms with Gasteiger partial charge in [-0.2, -0.15) is 0 Å². The van der Waals surface area contributed by atoms with E-state index in [-0.39, 0.29) is 23.5 Å². The number of benzene rings is 1. The molecule has 24 heavy (non-hydrogen) atoms. The highest BCUT2D eigenvalue weighted by Crippen LogP contribution is 2.25. The monoisotopic (exact) mass is 345 g/mol. The predicted molar refractivity (Wildman–Crippen MR) is 80.4 cm³/mol. The van der Waals surface area contributed by atoms with Gasteiger partial charge in [0.25, 0.3) is 0 Å². The minimum absolute atomic E-state index is 0.00968. The molecule has 0 unspecified atom stereocenters. The number of halogens is 3. The Labute approximate surface area is 136 Å². The topological polar surface area (TPSA) is 79.5 Å². The fourth-order valence-electron chi connectivity index (χ4n) is 2.45. The molecule has 0 saturated carbocycles. The Morgan fingerprint density at radius 1 is 1.33 bits per heavy atom. The van der Waals surface area contributed by atoms with E-state index >= 15 is 0 Å². The normalized spacial score (nSPS) is 20.5. The van der Waals surface area contributed by atoms with Crippen molar-refractivity contribution in [1.82, 2.24) is 10.6 Å². The van der Waals surface area contributed by atoms with E-state index in [9.17, 15) is 22.8 Å². The number of alkyl halides is 3. The van der Waals surface area contributed by atoms with Crippen molar-refractivity contribution in [3.63, 3.8) is 0 Å². The number of carbonyl (C=O) groups is 2. The lowest BCUT2D eigenvalue weighted by Gasteiger charge is -2.15. The van der Waals surface area contributed by atoms with Gasteiger partial charge in [0.15, 0.2) is 0 Å². The van der Waals surface area contributed by atoms with E-state index in [1.165, 1.54) is 19.1 Å². The molecule has 6 nitrogen and oxygen atoms in total. The average Bonchev–Trinajstić information content (AvgIpc) is 2.92. The molecule has 1 aliphatic heterocycles. The Balaban J connectivity index is 1.88. The summed E-state index contributed by atoms with van der Waals surface area (Å²) in [6, 6.07) is 4.62. The minimum Gasteiger partial charge on any atom is -0.406 e. The van der Waals surface area contributed by atoms with Crippen molar-refractivity contribution in [1.29, 1.82) is 0 Å². The minimum atomic E-state index is -4.79. The molecule has 0 radical (unpaired) electrons. The fourth-order valence-corrected chi connectivity index (χ4v) is 2.45. The molecule has 9 heteroatoms. The maximum Gasteiger partial charge on any atom is 0.573 e. The zero-order valence-electron chi connectivity index (χ0n) is 12.9. The zero-order valence-corrected chi connectivity index (χ0v) is 12.9. The van der Waals surface area contributed by atoms with Gasteiger partial charge >= 0.3 is 6.36 Å². The van der Waals surface area contributed by atoms with Crippen LogP contribution in [0.5, 0.6) is 5.75 Å². The summed E-state index contributed by atoms with van der Waals surface area (Å²) >= 11 is 0. The molecule has 1 aliphatic rings. The van der Waals surface area contributed by atoms with Crippen LogP contribution in [0.25, 0.3) is 0 Å². The Morgan fingerprint density at radius 3 is 2.75 bits per heavy atom. The smallest absolute Gasteiger partial charge is 0.406 e. The van der Waals surface area contributed by atoms with Crippen LogP contribution in [0.4, 0.5) is 18.9 Å². The van der Waals surface area contributed by atoms with Gasteiger partial charge in [-0.05, 0) is 25.0 Å². The van der Waals surface area contributed by atoms with E-state index in [1.54, 1.807) is 0 Å². The molecule has 1 aromatic carbocycles. The SMILES string of the molecule is CC(=O)NC[C@H]1CC[C@@H](C(=O)Nc2cccc(OC(F)(F)F)c2)N1. The van der Waals surface area contributed by atoms with Gasteiger partial charge in [0, 0.05) is 31.3 Å². The predicted octanol–water partition coefficient (Wildman–Crippen LogP) is 1.78. The lowest BCUT2D eigenvalue weighted by atomic mass is 10.2. The molecular weight excluding hydrogens is 327 g/mol. The number of anilines is 1. The van der Waals surface area contributed by atoms with Crippen LogP contribution in [0.15, 0.2) is 24.3 Å². The first-order chi connectivity index (χ1) is 11.2. The largest absolute Gasteiger partial charge is 0.573 e. The average molecular weight is 345 g/mol. The van der Waals surface area contributed by atoms with Crippen LogP contribution in [-0.2, 0) is 9.59 Å². The van der Waals surface area contributed by atoms with Crippen molar-refractivity contribution >= 4 is 17.5 Å². The van der Waals surface area contributed by atoms with Gasteiger partial charge in [0.1, 0.15) is 5.75 Å². The molecule has 2 amide bonds. The van der Waals surface area contributed by atoms with Crippen molar-refractivity contribution in [2.75, 3.05) is 11.9 Å². The van der Waals surface area contributed by atoms with Crippen molar-refractivity contribution in [3.8, 4) is 5.75 Å². The summed E-state index contributed by atoms with van der Waals surface area (Å²) in [6.45, 7) is 1.84. The first-order valence-electron chi connectivity index (χ1n) is 7.40. The molecule has 2 rings (SSSR count). The highest BCUT2D eigenvalue weighted by molar-refractivity contribution is 5.95. The first-order valence-corrected chi connectivity index (χ1v) is 7.40. The zero-order chi connectivity index (χ0) is 17.7. The summed E-state index contributed by atoms with van der Waals surface area (Å²) in [6.07, 6.45) is -3.49. The summed E-state index contributed by atoms with van der Waals surface area (Å²) in [5.74, 6) is -0.890. The highest BCUT2D eigenvalue weighted by atomic mass is 19.4. The quantitative estimate of drug-likeness (QED) is 0.760. The molecule has 1 fully saturated rings. The van der Waals surface area contributed by atoms with E-state index in [0.29, 0.717) is 13.0 Å². The molecule has 1 heterocycles. The third-order valence-corrected chi connectivity index (χ3v) is 3.49. The van der Waals surface area contributed by atoms with Crippen LogP contribution in [0.3, 0.4) is 0 Å². The highest BCUT2D eigenvalue weighted by Gasteiger charge is 2.31. The molecule has 0 aromatic heterocycles. The van der Waals surface area contributed by atoms with Crippen molar-refractivity contribution in [2.24, 2.45) is 0 Å². The van der Waals surface area contributed by atoms with Gasteiger partial charge in [-0.1, -0.05) is 6.07 Å². The van der Waals surface area contributed by atoms with Crippen LogP contribution in [0.1, 0.15) is 19.8 Å². The van der Waals surface area contributed by atoms with Crippen molar-refractivity contribution in [3.05, 3.63) is 24.3 Å². The third-order valence-electron chi connectivity index (χ3n) is 3.49. The molecule has 132 valence electrons. The van der Waals surface area contributed by atoms with E-state index in [0.717, 1.165) is 18.6 Å². The number of rotatable bonds is 5. The van der Waals surface area contributed by atoms with Crippen LogP contribution in [-0.4, -0.2) is 36.8 Å². The summed E-state index contributed by atoms with van der Waals surface area (Å²) in [5, 5.41) is 8.31. The van der Waals surface area contributed by atoms with Crippen LogP contribution in [0, 0.1) is 0 Å². The Kier molecular flexibility index (Phi) is 5.66. The van der Waals surface area contributed by atoms with Gasteiger partial charge in [-0.25, -0.2) is 0 Å². The summed E-state index contributed by atoms with van der Waals surface area (Å²) in [5.41, 5.74) is 0.217. The van der Waals surface area contributed by atoms with E-state index in [1.807, 2.05) is 0 Å². The summed E-state index contributed by atoms with van der Waals surface area (Å²) in [7, 11) is 0. The number of nitrogens with one attached hydrogen (secondary N) is 3. The maximum absolute atomic E-state index is 12.2. The lowest BCUT2D eigenvalue weighted by molar-refractivity contribution is -0.274. The molecule has 2 atom stereocenters. The fraction of sp³-hybridized carbons (Fsp3) is 0.467. The van der Waals surface area contributed by atoms with Gasteiger partial charge in [-0.15, -0.1) is 13.2 Å². The van der Waals surface area contributed by atoms with Gasteiger partial charge in [-0.3, -0.25) is 9.59 Å². The van der Waals surface area contributed by atoms with Gasteiger partial charge < -0.3 is 20.7 Å². The van der Waals surface area contributed by atoms with Crippen LogP contribution >= 0.6 is 0 Å². The second-order valence-electron chi connectivity index (χ2n) is 5.50. The molecule has 0 bridgehead atoms. The second kappa shape index (κ2) is 7.52. The maximum atomic E-state index is 12.2. The molecule has 3 N–H and O–H groups in total. The Bertz CT molecular complexity index is 607. The Morgan fingerprint density at radius 2 is 2.08 bits per heavy atom.